The topological polar surface area (TPSA) is 83.0 Å². The first-order chi connectivity index (χ1) is 12.6. The van der Waals surface area contributed by atoms with Crippen LogP contribution in [0.4, 0.5) is 0 Å². The summed E-state index contributed by atoms with van der Waals surface area (Å²) in [6.45, 7) is 5.83. The highest BCUT2D eigenvalue weighted by atomic mass is 127. The molecule has 2 N–H and O–H groups in total. The van der Waals surface area contributed by atoms with E-state index >= 15 is 0 Å². The van der Waals surface area contributed by atoms with Crippen molar-refractivity contribution in [3.8, 4) is 0 Å². The van der Waals surface area contributed by atoms with E-state index in [1.807, 2.05) is 6.92 Å². The van der Waals surface area contributed by atoms with Crippen LogP contribution in [0.25, 0.3) is 0 Å². The van der Waals surface area contributed by atoms with Crippen LogP contribution in [0, 0.1) is 5.92 Å². The molecule has 0 amide bonds. The number of hydrogen-bond donors (Lipinski definition) is 2. The normalized spacial score (nSPS) is 20.1. The largest absolute Gasteiger partial charge is 0.379 e. The summed E-state index contributed by atoms with van der Waals surface area (Å²) in [5, 5.41) is 6.35. The zero-order chi connectivity index (χ0) is 18.7. The summed E-state index contributed by atoms with van der Waals surface area (Å²) in [5.74, 6) is 1.68. The first-order valence-corrected chi connectivity index (χ1v) is 11.8. The van der Waals surface area contributed by atoms with Crippen LogP contribution in [0.15, 0.2) is 4.99 Å². The molecule has 2 rings (SSSR count). The van der Waals surface area contributed by atoms with Gasteiger partial charge in [0.1, 0.15) is 0 Å². The van der Waals surface area contributed by atoms with Crippen LogP contribution in [-0.2, 0) is 14.8 Å². The Hall–Kier alpha value is -0.130. The second kappa shape index (κ2) is 13.9. The Morgan fingerprint density at radius 2 is 1.85 bits per heavy atom. The van der Waals surface area contributed by atoms with E-state index in [0.717, 1.165) is 25.4 Å². The molecule has 0 aromatic carbocycles. The molecule has 0 aromatic rings. The number of hydrogen-bond acceptors (Lipinski definition) is 4. The van der Waals surface area contributed by atoms with Crippen LogP contribution < -0.4 is 10.6 Å². The SMILES string of the molecule is CCNC(=NCCCC1CCCCC1)NCCS(=O)(=O)N1CCOCC1.I. The van der Waals surface area contributed by atoms with Gasteiger partial charge in [0.25, 0.3) is 0 Å². The smallest absolute Gasteiger partial charge is 0.215 e. The lowest BCUT2D eigenvalue weighted by atomic mass is 9.86. The van der Waals surface area contributed by atoms with E-state index in [4.69, 9.17) is 4.74 Å². The van der Waals surface area contributed by atoms with Crippen LogP contribution in [0.2, 0.25) is 0 Å². The van der Waals surface area contributed by atoms with Crippen LogP contribution >= 0.6 is 24.0 Å². The predicted molar refractivity (Wildman–Crippen MR) is 121 cm³/mol. The van der Waals surface area contributed by atoms with Crippen molar-refractivity contribution < 1.29 is 13.2 Å². The fraction of sp³-hybridized carbons (Fsp3) is 0.944. The minimum absolute atomic E-state index is 0. The number of halogens is 1. The Bertz CT molecular complexity index is 519. The van der Waals surface area contributed by atoms with Crippen molar-refractivity contribution in [3.63, 3.8) is 0 Å². The molecule has 0 unspecified atom stereocenters. The van der Waals surface area contributed by atoms with E-state index in [1.165, 1.54) is 42.8 Å². The molecule has 1 saturated carbocycles. The number of ether oxygens (including phenoxy) is 1. The summed E-state index contributed by atoms with van der Waals surface area (Å²) in [4.78, 5) is 4.60. The molecule has 160 valence electrons. The van der Waals surface area contributed by atoms with Gasteiger partial charge in [0.2, 0.25) is 10.0 Å². The quantitative estimate of drug-likeness (QED) is 0.213. The number of nitrogens with one attached hydrogen (secondary N) is 2. The Kier molecular flexibility index (Phi) is 12.9. The lowest BCUT2D eigenvalue weighted by Gasteiger charge is -2.26. The van der Waals surface area contributed by atoms with E-state index < -0.39 is 10.0 Å². The number of rotatable bonds is 9. The van der Waals surface area contributed by atoms with Gasteiger partial charge in [-0.1, -0.05) is 32.1 Å². The van der Waals surface area contributed by atoms with Crippen molar-refractivity contribution in [2.24, 2.45) is 10.9 Å². The van der Waals surface area contributed by atoms with Gasteiger partial charge in [0.05, 0.1) is 19.0 Å². The highest BCUT2D eigenvalue weighted by Crippen LogP contribution is 2.27. The minimum Gasteiger partial charge on any atom is -0.379 e. The van der Waals surface area contributed by atoms with Crippen LogP contribution in [0.3, 0.4) is 0 Å². The zero-order valence-corrected chi connectivity index (χ0v) is 19.8. The second-order valence-corrected chi connectivity index (χ2v) is 9.25. The van der Waals surface area contributed by atoms with Gasteiger partial charge in [-0.05, 0) is 25.7 Å². The summed E-state index contributed by atoms with van der Waals surface area (Å²) < 4.78 is 31.4. The minimum atomic E-state index is -3.23. The fourth-order valence-corrected chi connectivity index (χ4v) is 4.96. The first-order valence-electron chi connectivity index (χ1n) is 10.2. The van der Waals surface area contributed by atoms with E-state index in [9.17, 15) is 8.42 Å². The maximum absolute atomic E-state index is 12.3. The molecule has 9 heteroatoms. The zero-order valence-electron chi connectivity index (χ0n) is 16.6. The maximum atomic E-state index is 12.3. The Morgan fingerprint density at radius 3 is 2.52 bits per heavy atom. The average Bonchev–Trinajstić information content (AvgIpc) is 2.66. The van der Waals surface area contributed by atoms with Gasteiger partial charge in [0, 0.05) is 32.7 Å². The molecule has 0 bridgehead atoms. The number of nitrogens with zero attached hydrogens (tertiary/aromatic N) is 2. The predicted octanol–water partition coefficient (Wildman–Crippen LogP) is 2.18. The summed E-state index contributed by atoms with van der Waals surface area (Å²) in [6, 6.07) is 0. The standard InChI is InChI=1S/C18H36N4O3S.HI/c1-2-19-18(20-10-6-9-17-7-4-3-5-8-17)21-11-16-26(23,24)22-12-14-25-15-13-22;/h17H,2-16H2,1H3,(H2,19,20,21);1H. The molecule has 27 heavy (non-hydrogen) atoms. The number of aliphatic imine (C=N–C) groups is 1. The van der Waals surface area contributed by atoms with Gasteiger partial charge < -0.3 is 15.4 Å². The molecule has 0 radical (unpaired) electrons. The van der Waals surface area contributed by atoms with Crippen molar-refractivity contribution in [3.05, 3.63) is 0 Å². The Balaban J connectivity index is 0.00000364. The van der Waals surface area contributed by atoms with Gasteiger partial charge in [-0.3, -0.25) is 4.99 Å². The average molecular weight is 516 g/mol. The van der Waals surface area contributed by atoms with Gasteiger partial charge in [0.15, 0.2) is 5.96 Å². The number of morpholine rings is 1. The molecular formula is C18H37IN4O3S. The second-order valence-electron chi connectivity index (χ2n) is 7.16. The van der Waals surface area contributed by atoms with Gasteiger partial charge in [-0.15, -0.1) is 24.0 Å². The molecule has 1 aliphatic heterocycles. The Labute approximate surface area is 182 Å². The van der Waals surface area contributed by atoms with E-state index in [2.05, 4.69) is 15.6 Å². The van der Waals surface area contributed by atoms with Crippen molar-refractivity contribution in [1.82, 2.24) is 14.9 Å². The molecular weight excluding hydrogens is 479 g/mol. The molecule has 0 spiro atoms. The third-order valence-electron chi connectivity index (χ3n) is 5.13. The lowest BCUT2D eigenvalue weighted by molar-refractivity contribution is 0.0730. The van der Waals surface area contributed by atoms with Crippen molar-refractivity contribution in [1.29, 1.82) is 0 Å². The van der Waals surface area contributed by atoms with E-state index in [-0.39, 0.29) is 29.7 Å². The number of guanidine groups is 1. The molecule has 0 atom stereocenters. The van der Waals surface area contributed by atoms with E-state index in [0.29, 0.717) is 38.8 Å². The van der Waals surface area contributed by atoms with E-state index in [1.54, 1.807) is 0 Å². The van der Waals surface area contributed by atoms with Crippen molar-refractivity contribution in [2.45, 2.75) is 51.9 Å². The third-order valence-corrected chi connectivity index (χ3v) is 7.00. The summed E-state index contributed by atoms with van der Waals surface area (Å²) in [5.41, 5.74) is 0. The highest BCUT2D eigenvalue weighted by Gasteiger charge is 2.23. The van der Waals surface area contributed by atoms with Crippen LogP contribution in [0.1, 0.15) is 51.9 Å². The summed E-state index contributed by atoms with van der Waals surface area (Å²) >= 11 is 0. The van der Waals surface area contributed by atoms with Crippen molar-refractivity contribution >= 4 is 40.0 Å². The maximum Gasteiger partial charge on any atom is 0.215 e. The molecule has 0 aromatic heterocycles. The summed E-state index contributed by atoms with van der Waals surface area (Å²) in [7, 11) is -3.23. The third kappa shape index (κ3) is 9.76. The first kappa shape index (κ1) is 24.9. The number of sulfonamides is 1. The van der Waals surface area contributed by atoms with Gasteiger partial charge in [-0.2, -0.15) is 4.31 Å². The lowest BCUT2D eigenvalue weighted by Crippen LogP contribution is -2.45. The van der Waals surface area contributed by atoms with Crippen molar-refractivity contribution in [2.75, 3.05) is 51.7 Å². The molecule has 7 nitrogen and oxygen atoms in total. The molecule has 1 saturated heterocycles. The summed E-state index contributed by atoms with van der Waals surface area (Å²) in [6.07, 6.45) is 9.28. The molecule has 1 aliphatic carbocycles. The van der Waals surface area contributed by atoms with Gasteiger partial charge in [-0.25, -0.2) is 8.42 Å². The van der Waals surface area contributed by atoms with Crippen LogP contribution in [0.5, 0.6) is 0 Å². The van der Waals surface area contributed by atoms with Crippen LogP contribution in [-0.4, -0.2) is 70.4 Å². The monoisotopic (exact) mass is 516 g/mol. The van der Waals surface area contributed by atoms with Gasteiger partial charge >= 0.3 is 0 Å². The fourth-order valence-electron chi connectivity index (χ4n) is 3.64. The highest BCUT2D eigenvalue weighted by molar-refractivity contribution is 14.0. The molecule has 2 fully saturated rings. The Morgan fingerprint density at radius 1 is 1.15 bits per heavy atom. The molecule has 1 heterocycles. The molecule has 2 aliphatic rings.